The summed E-state index contributed by atoms with van der Waals surface area (Å²) in [6.45, 7) is 6.47. The van der Waals surface area contributed by atoms with Crippen molar-refractivity contribution in [2.45, 2.75) is 296 Å². The molecule has 6 nitrogen and oxygen atoms in total. The van der Waals surface area contributed by atoms with Crippen molar-refractivity contribution in [1.82, 2.24) is 5.32 Å². The average molecular weight is 832 g/mol. The van der Waals surface area contributed by atoms with E-state index in [2.05, 4.69) is 50.4 Å². The van der Waals surface area contributed by atoms with Crippen molar-refractivity contribution >= 4 is 11.9 Å². The van der Waals surface area contributed by atoms with Gasteiger partial charge in [-0.15, -0.1) is 0 Å². The quantitative estimate of drug-likeness (QED) is 0.0322. The summed E-state index contributed by atoms with van der Waals surface area (Å²) in [7, 11) is 0. The molecule has 0 saturated heterocycles. The highest BCUT2D eigenvalue weighted by molar-refractivity contribution is 5.77. The van der Waals surface area contributed by atoms with Crippen LogP contribution >= 0.6 is 0 Å². The van der Waals surface area contributed by atoms with Crippen LogP contribution in [0.5, 0.6) is 0 Å². The van der Waals surface area contributed by atoms with Crippen LogP contribution < -0.4 is 5.32 Å². The van der Waals surface area contributed by atoms with Crippen LogP contribution in [0.2, 0.25) is 0 Å². The maximum Gasteiger partial charge on any atom is 0.306 e. The van der Waals surface area contributed by atoms with Crippen LogP contribution in [0.3, 0.4) is 0 Å². The van der Waals surface area contributed by atoms with Gasteiger partial charge in [0.1, 0.15) is 6.10 Å². The minimum absolute atomic E-state index is 0.0676. The topological polar surface area (TPSA) is 95.9 Å². The molecule has 0 spiro atoms. The van der Waals surface area contributed by atoms with Crippen molar-refractivity contribution in [2.75, 3.05) is 6.61 Å². The van der Waals surface area contributed by atoms with Crippen LogP contribution in [0, 0.1) is 0 Å². The molecule has 1 amide bonds. The lowest BCUT2D eigenvalue weighted by Gasteiger charge is -2.24. The van der Waals surface area contributed by atoms with E-state index in [1.165, 1.54) is 167 Å². The first-order valence-corrected chi connectivity index (χ1v) is 26.1. The number of carbonyl (C=O) groups is 2. The molecule has 0 bridgehead atoms. The molecule has 0 heterocycles. The number of hydrogen-bond donors (Lipinski definition) is 3. The van der Waals surface area contributed by atoms with Gasteiger partial charge in [-0.05, 0) is 77.0 Å². The monoisotopic (exact) mass is 832 g/mol. The summed E-state index contributed by atoms with van der Waals surface area (Å²) in [6.07, 6.45) is 53.8. The molecule has 59 heavy (non-hydrogen) atoms. The number of nitrogens with one attached hydrogen (secondary N) is 1. The maximum atomic E-state index is 13.2. The molecular formula is C53H101NO5. The summed E-state index contributed by atoms with van der Waals surface area (Å²) in [6, 6.07) is -0.704. The number of unbranched alkanes of at least 4 members (excludes halogenated alkanes) is 31. The zero-order chi connectivity index (χ0) is 43.1. The Morgan fingerprint density at radius 3 is 1.25 bits per heavy atom. The molecule has 3 atom stereocenters. The minimum atomic E-state index is -0.789. The number of rotatable bonds is 47. The van der Waals surface area contributed by atoms with Crippen molar-refractivity contribution in [3.8, 4) is 0 Å². The normalized spacial score (nSPS) is 13.4. The Morgan fingerprint density at radius 2 is 0.814 bits per heavy atom. The second-order valence-corrected chi connectivity index (χ2v) is 17.9. The third-order valence-electron chi connectivity index (χ3n) is 12.0. The van der Waals surface area contributed by atoms with Gasteiger partial charge in [0, 0.05) is 6.42 Å². The Labute approximate surface area is 367 Å². The van der Waals surface area contributed by atoms with Crippen molar-refractivity contribution < 1.29 is 24.5 Å². The zero-order valence-corrected chi connectivity index (χ0v) is 39.7. The fourth-order valence-electron chi connectivity index (χ4n) is 8.01. The summed E-state index contributed by atoms with van der Waals surface area (Å²) in [4.78, 5) is 26.1. The maximum absolute atomic E-state index is 13.2. The molecule has 0 aliphatic carbocycles. The van der Waals surface area contributed by atoms with E-state index in [0.29, 0.717) is 19.3 Å². The Kier molecular flexibility index (Phi) is 46.1. The molecule has 0 aromatic rings. The lowest BCUT2D eigenvalue weighted by molar-refractivity contribution is -0.151. The van der Waals surface area contributed by atoms with Crippen molar-refractivity contribution in [3.63, 3.8) is 0 Å². The van der Waals surface area contributed by atoms with E-state index in [1.54, 1.807) is 0 Å². The molecule has 0 aromatic carbocycles. The molecule has 6 heteroatoms. The number of aliphatic hydroxyl groups excluding tert-OH is 2. The largest absolute Gasteiger partial charge is 0.462 e. The van der Waals surface area contributed by atoms with Gasteiger partial charge in [0.05, 0.1) is 25.2 Å². The number of carbonyl (C=O) groups excluding carboxylic acids is 2. The molecule has 3 unspecified atom stereocenters. The van der Waals surface area contributed by atoms with Gasteiger partial charge < -0.3 is 20.3 Å². The lowest BCUT2D eigenvalue weighted by atomic mass is 10.0. The molecule has 0 aromatic heterocycles. The van der Waals surface area contributed by atoms with E-state index in [1.807, 2.05) is 0 Å². The molecule has 348 valence electrons. The second kappa shape index (κ2) is 47.4. The summed E-state index contributed by atoms with van der Waals surface area (Å²) in [5, 5.41) is 23.8. The van der Waals surface area contributed by atoms with E-state index in [-0.39, 0.29) is 24.9 Å². The van der Waals surface area contributed by atoms with Crippen LogP contribution in [0.25, 0.3) is 0 Å². The van der Waals surface area contributed by atoms with Crippen LogP contribution in [0.1, 0.15) is 278 Å². The molecule has 0 saturated carbocycles. The van der Waals surface area contributed by atoms with Crippen LogP contribution in [-0.2, 0) is 14.3 Å². The summed E-state index contributed by atoms with van der Waals surface area (Å²) < 4.78 is 5.92. The van der Waals surface area contributed by atoms with Gasteiger partial charge in [0.2, 0.25) is 5.91 Å². The standard InChI is InChI=1S/C53H101NO5/c1-4-7-10-13-16-19-22-25-27-29-32-35-38-41-44-49(59-53(58)46-43-40-37-34-31-24-21-18-15-12-9-6-3)47-52(57)54-50(48-55)51(56)45-42-39-36-33-30-28-26-23-20-17-14-11-8-5-2/h18,21,27,29,49-51,55-56H,4-17,19-20,22-26,28,30-48H2,1-3H3,(H,54,57)/b21-18-,29-27+. The van der Waals surface area contributed by atoms with Crippen molar-refractivity contribution in [2.24, 2.45) is 0 Å². The predicted octanol–water partition coefficient (Wildman–Crippen LogP) is 15.5. The molecule has 0 aliphatic heterocycles. The Hall–Kier alpha value is -1.66. The first-order chi connectivity index (χ1) is 29.0. The van der Waals surface area contributed by atoms with Gasteiger partial charge in [-0.1, -0.05) is 212 Å². The number of aliphatic hydroxyl groups is 2. The van der Waals surface area contributed by atoms with Gasteiger partial charge >= 0.3 is 5.97 Å². The fourth-order valence-corrected chi connectivity index (χ4v) is 8.01. The first kappa shape index (κ1) is 57.3. The van der Waals surface area contributed by atoms with Crippen molar-refractivity contribution in [1.29, 1.82) is 0 Å². The van der Waals surface area contributed by atoms with Gasteiger partial charge in [0.25, 0.3) is 0 Å². The highest BCUT2D eigenvalue weighted by Gasteiger charge is 2.24. The smallest absolute Gasteiger partial charge is 0.306 e. The van der Waals surface area contributed by atoms with Gasteiger partial charge in [-0.25, -0.2) is 0 Å². The Morgan fingerprint density at radius 1 is 0.475 bits per heavy atom. The van der Waals surface area contributed by atoms with Gasteiger partial charge in [0.15, 0.2) is 0 Å². The third-order valence-corrected chi connectivity index (χ3v) is 12.0. The van der Waals surface area contributed by atoms with Crippen molar-refractivity contribution in [3.05, 3.63) is 24.3 Å². The SMILES string of the molecule is CCCCC/C=C\CCCCCCCC(=O)OC(CCCCC/C=C/CCCCCCCCC)CC(=O)NC(CO)C(O)CCCCCCCCCCCCCCCC. The highest BCUT2D eigenvalue weighted by Crippen LogP contribution is 2.18. The molecule has 3 N–H and O–H groups in total. The van der Waals surface area contributed by atoms with E-state index in [9.17, 15) is 19.8 Å². The van der Waals surface area contributed by atoms with Crippen LogP contribution in [-0.4, -0.2) is 46.9 Å². The number of ether oxygens (including phenoxy) is 1. The zero-order valence-electron chi connectivity index (χ0n) is 39.7. The summed E-state index contributed by atoms with van der Waals surface area (Å²) in [5.41, 5.74) is 0. The number of hydrogen-bond acceptors (Lipinski definition) is 5. The fraction of sp³-hybridized carbons (Fsp3) is 0.887. The molecule has 0 fully saturated rings. The number of allylic oxidation sites excluding steroid dienone is 4. The van der Waals surface area contributed by atoms with Gasteiger partial charge in [-0.3, -0.25) is 9.59 Å². The Balaban J connectivity index is 4.57. The van der Waals surface area contributed by atoms with E-state index < -0.39 is 18.2 Å². The second-order valence-electron chi connectivity index (χ2n) is 17.9. The third kappa shape index (κ3) is 42.8. The van der Waals surface area contributed by atoms with E-state index in [4.69, 9.17) is 4.74 Å². The van der Waals surface area contributed by atoms with E-state index in [0.717, 1.165) is 64.2 Å². The highest BCUT2D eigenvalue weighted by atomic mass is 16.5. The van der Waals surface area contributed by atoms with Crippen LogP contribution in [0.15, 0.2) is 24.3 Å². The average Bonchev–Trinajstić information content (AvgIpc) is 3.23. The molecule has 0 rings (SSSR count). The van der Waals surface area contributed by atoms with Gasteiger partial charge in [-0.2, -0.15) is 0 Å². The molecular weight excluding hydrogens is 731 g/mol. The first-order valence-electron chi connectivity index (χ1n) is 26.1. The Bertz CT molecular complexity index is 935. The molecule has 0 radical (unpaired) electrons. The molecule has 0 aliphatic rings. The minimum Gasteiger partial charge on any atom is -0.462 e. The summed E-state index contributed by atoms with van der Waals surface area (Å²) >= 11 is 0. The predicted molar refractivity (Wildman–Crippen MR) is 255 cm³/mol. The van der Waals surface area contributed by atoms with Crippen LogP contribution in [0.4, 0.5) is 0 Å². The summed E-state index contributed by atoms with van der Waals surface area (Å²) in [5.74, 6) is -0.489. The number of amides is 1. The number of esters is 1. The lowest BCUT2D eigenvalue weighted by Crippen LogP contribution is -2.46. The van der Waals surface area contributed by atoms with E-state index >= 15 is 0 Å².